The van der Waals surface area contributed by atoms with E-state index >= 15 is 0 Å². The number of dihydropyridines is 1. The minimum atomic E-state index is -0.818. The number of carbonyl (C=O) groups is 2. The van der Waals surface area contributed by atoms with Crippen LogP contribution in [0.1, 0.15) is 13.8 Å². The maximum absolute atomic E-state index is 11.7. The number of allylic oxidation sites excluding steroid dienone is 1. The largest absolute Gasteiger partial charge is 0.467 e. The van der Waals surface area contributed by atoms with E-state index in [1.54, 1.807) is 13.8 Å². The molecule has 6 heteroatoms. The van der Waals surface area contributed by atoms with Gasteiger partial charge < -0.3 is 14.2 Å². The van der Waals surface area contributed by atoms with Crippen molar-refractivity contribution >= 4 is 18.5 Å². The van der Waals surface area contributed by atoms with Crippen LogP contribution < -0.4 is 0 Å². The lowest BCUT2D eigenvalue weighted by Gasteiger charge is -2.40. The Morgan fingerprint density at radius 1 is 1.61 bits per heavy atom. The van der Waals surface area contributed by atoms with Gasteiger partial charge in [0.15, 0.2) is 18.1 Å². The Morgan fingerprint density at radius 3 is 2.94 bits per heavy atom. The van der Waals surface area contributed by atoms with Crippen LogP contribution in [0.25, 0.3) is 0 Å². The lowest BCUT2D eigenvalue weighted by atomic mass is 9.94. The normalized spacial score (nSPS) is 29.7. The zero-order chi connectivity index (χ0) is 13.3. The zero-order valence-electron chi connectivity index (χ0n) is 10.5. The molecule has 0 bridgehead atoms. The second-order valence-electron chi connectivity index (χ2n) is 4.57. The van der Waals surface area contributed by atoms with Gasteiger partial charge in [0.25, 0.3) is 0 Å². The predicted octanol–water partition coefficient (Wildman–Crippen LogP) is 0.259. The first-order chi connectivity index (χ1) is 8.48. The third-order valence-electron chi connectivity index (χ3n) is 2.93. The average molecular weight is 253 g/mol. The smallest absolute Gasteiger partial charge is 0.333 e. The van der Waals surface area contributed by atoms with Gasteiger partial charge in [0, 0.05) is 11.8 Å². The van der Waals surface area contributed by atoms with Gasteiger partial charge in [-0.05, 0) is 19.4 Å². The summed E-state index contributed by atoms with van der Waals surface area (Å²) in [5.41, 5.74) is 1.03. The molecule has 0 spiro atoms. The summed E-state index contributed by atoms with van der Waals surface area (Å²) in [6.45, 7) is 3.74. The predicted molar refractivity (Wildman–Crippen MR) is 62.3 cm³/mol. The van der Waals surface area contributed by atoms with Crippen LogP contribution in [0.4, 0.5) is 0 Å². The van der Waals surface area contributed by atoms with Crippen LogP contribution in [0.5, 0.6) is 0 Å². The van der Waals surface area contributed by atoms with Crippen LogP contribution in [0, 0.1) is 0 Å². The lowest BCUT2D eigenvalue weighted by Crippen LogP contribution is -2.50. The number of methoxy groups -OCH3 is 1. The molecule has 0 amide bonds. The molecule has 0 saturated carbocycles. The molecule has 2 unspecified atom stereocenters. The molecule has 0 N–H and O–H groups in total. The summed E-state index contributed by atoms with van der Waals surface area (Å²) in [5.74, 6) is -1.31. The Labute approximate surface area is 105 Å². The molecule has 2 aliphatic rings. The Hall–Kier alpha value is -1.53. The SMILES string of the molecule is COC(=O)C1N=CC(C=O)=C2COC(C)(C)OC21. The number of rotatable bonds is 2. The minimum absolute atomic E-state index is 0.241. The fourth-order valence-electron chi connectivity index (χ4n) is 1.98. The number of nitrogens with zero attached hydrogens (tertiary/aromatic N) is 1. The highest BCUT2D eigenvalue weighted by atomic mass is 16.7. The Kier molecular flexibility index (Phi) is 3.32. The van der Waals surface area contributed by atoms with Crippen LogP contribution in [-0.2, 0) is 23.8 Å². The lowest BCUT2D eigenvalue weighted by molar-refractivity contribution is -0.255. The first-order valence-corrected chi connectivity index (χ1v) is 5.59. The van der Waals surface area contributed by atoms with Crippen LogP contribution in [-0.4, -0.2) is 50.1 Å². The van der Waals surface area contributed by atoms with E-state index in [0.717, 1.165) is 0 Å². The third-order valence-corrected chi connectivity index (χ3v) is 2.93. The highest BCUT2D eigenvalue weighted by molar-refractivity contribution is 6.05. The van der Waals surface area contributed by atoms with Crippen molar-refractivity contribution in [3.8, 4) is 0 Å². The van der Waals surface area contributed by atoms with Gasteiger partial charge in [0.2, 0.25) is 0 Å². The van der Waals surface area contributed by atoms with Gasteiger partial charge in [-0.3, -0.25) is 9.79 Å². The minimum Gasteiger partial charge on any atom is -0.467 e. The van der Waals surface area contributed by atoms with Crippen molar-refractivity contribution in [1.29, 1.82) is 0 Å². The fraction of sp³-hybridized carbons (Fsp3) is 0.583. The van der Waals surface area contributed by atoms with Gasteiger partial charge in [-0.2, -0.15) is 0 Å². The molecule has 2 rings (SSSR count). The summed E-state index contributed by atoms with van der Waals surface area (Å²) < 4.78 is 15.9. The summed E-state index contributed by atoms with van der Waals surface area (Å²) in [7, 11) is 1.29. The maximum atomic E-state index is 11.7. The number of ether oxygens (including phenoxy) is 3. The van der Waals surface area contributed by atoms with Gasteiger partial charge in [-0.15, -0.1) is 0 Å². The number of carbonyl (C=O) groups excluding carboxylic acids is 2. The summed E-state index contributed by atoms with van der Waals surface area (Å²) in [5, 5.41) is 0. The summed E-state index contributed by atoms with van der Waals surface area (Å²) in [6, 6.07) is -0.781. The van der Waals surface area contributed by atoms with E-state index in [2.05, 4.69) is 4.99 Å². The van der Waals surface area contributed by atoms with E-state index in [1.807, 2.05) is 0 Å². The maximum Gasteiger partial charge on any atom is 0.333 e. The fourth-order valence-corrected chi connectivity index (χ4v) is 1.98. The topological polar surface area (TPSA) is 74.2 Å². The van der Waals surface area contributed by atoms with Crippen molar-refractivity contribution in [3.63, 3.8) is 0 Å². The summed E-state index contributed by atoms with van der Waals surface area (Å²) >= 11 is 0. The number of hydrogen-bond acceptors (Lipinski definition) is 6. The van der Waals surface area contributed by atoms with Gasteiger partial charge in [0.1, 0.15) is 6.10 Å². The number of fused-ring (bicyclic) bond motifs is 1. The van der Waals surface area contributed by atoms with Crippen molar-refractivity contribution < 1.29 is 23.8 Å². The van der Waals surface area contributed by atoms with E-state index in [9.17, 15) is 9.59 Å². The molecule has 2 atom stereocenters. The first kappa shape index (κ1) is 12.9. The second-order valence-corrected chi connectivity index (χ2v) is 4.57. The van der Waals surface area contributed by atoms with Crippen LogP contribution >= 0.6 is 0 Å². The van der Waals surface area contributed by atoms with E-state index < -0.39 is 23.9 Å². The monoisotopic (exact) mass is 253 g/mol. The molecule has 2 heterocycles. The van der Waals surface area contributed by atoms with Crippen molar-refractivity contribution in [2.45, 2.75) is 31.8 Å². The standard InChI is InChI=1S/C12H15NO5/c1-12(2)17-6-8-7(5-14)4-13-9(10(8)18-12)11(15)16-3/h4-5,9-10H,6H2,1-3H3. The number of hydrogen-bond donors (Lipinski definition) is 0. The van der Waals surface area contributed by atoms with Crippen LogP contribution in [0.3, 0.4) is 0 Å². The van der Waals surface area contributed by atoms with Crippen molar-refractivity contribution in [1.82, 2.24) is 0 Å². The van der Waals surface area contributed by atoms with Gasteiger partial charge in [0.05, 0.1) is 13.7 Å². The number of aldehydes is 1. The van der Waals surface area contributed by atoms with Gasteiger partial charge >= 0.3 is 5.97 Å². The number of esters is 1. The molecule has 0 aromatic rings. The van der Waals surface area contributed by atoms with Crippen LogP contribution in [0.2, 0.25) is 0 Å². The highest BCUT2D eigenvalue weighted by Gasteiger charge is 2.43. The number of aliphatic imine (C=N–C) groups is 1. The van der Waals surface area contributed by atoms with Crippen molar-refractivity contribution in [2.24, 2.45) is 4.99 Å². The molecular weight excluding hydrogens is 238 g/mol. The van der Waals surface area contributed by atoms with Crippen molar-refractivity contribution in [3.05, 3.63) is 11.1 Å². The Balaban J connectivity index is 2.35. The Bertz CT molecular complexity index is 438. The van der Waals surface area contributed by atoms with Gasteiger partial charge in [-0.1, -0.05) is 0 Å². The summed E-state index contributed by atoms with van der Waals surface area (Å²) in [6.07, 6.45) is 1.45. The molecule has 0 aliphatic carbocycles. The van der Waals surface area contributed by atoms with E-state index in [1.165, 1.54) is 13.3 Å². The van der Waals surface area contributed by atoms with Crippen molar-refractivity contribution in [2.75, 3.05) is 13.7 Å². The molecule has 0 aromatic heterocycles. The average Bonchev–Trinajstić information content (AvgIpc) is 2.35. The van der Waals surface area contributed by atoms with E-state index in [0.29, 0.717) is 17.4 Å². The molecule has 0 aromatic carbocycles. The quantitative estimate of drug-likeness (QED) is 0.521. The molecule has 98 valence electrons. The highest BCUT2D eigenvalue weighted by Crippen LogP contribution is 2.32. The van der Waals surface area contributed by atoms with Gasteiger partial charge in [-0.25, -0.2) is 4.79 Å². The van der Waals surface area contributed by atoms with E-state index in [4.69, 9.17) is 14.2 Å². The molecule has 18 heavy (non-hydrogen) atoms. The molecule has 2 aliphatic heterocycles. The molecule has 6 nitrogen and oxygen atoms in total. The molecule has 1 saturated heterocycles. The molecule has 0 radical (unpaired) electrons. The van der Waals surface area contributed by atoms with E-state index in [-0.39, 0.29) is 6.61 Å². The first-order valence-electron chi connectivity index (χ1n) is 5.59. The second kappa shape index (κ2) is 4.62. The summed E-state index contributed by atoms with van der Waals surface area (Å²) in [4.78, 5) is 26.6. The van der Waals surface area contributed by atoms with Crippen LogP contribution in [0.15, 0.2) is 16.1 Å². The molecular formula is C12H15NO5. The Morgan fingerprint density at radius 2 is 2.33 bits per heavy atom. The molecule has 1 fully saturated rings. The zero-order valence-corrected chi connectivity index (χ0v) is 10.5. The third kappa shape index (κ3) is 2.21.